The lowest BCUT2D eigenvalue weighted by molar-refractivity contribution is -0.118. The first-order chi connectivity index (χ1) is 9.33. The summed E-state index contributed by atoms with van der Waals surface area (Å²) in [4.78, 5) is 16.3. The highest BCUT2D eigenvalue weighted by molar-refractivity contribution is 5.93. The molecule has 5 nitrogen and oxygen atoms in total. The summed E-state index contributed by atoms with van der Waals surface area (Å²) in [6, 6.07) is 0. The lowest BCUT2D eigenvalue weighted by Gasteiger charge is -2.24. The second-order valence-corrected chi connectivity index (χ2v) is 5.22. The van der Waals surface area contributed by atoms with E-state index in [9.17, 15) is 4.79 Å². The molecular weight excluding hydrogens is 242 g/mol. The average molecular weight is 261 g/mol. The summed E-state index contributed by atoms with van der Waals surface area (Å²) in [5, 5.41) is 3.02. The molecule has 1 aromatic heterocycles. The number of hydrogen-bond donors (Lipinski definition) is 1. The zero-order chi connectivity index (χ0) is 13.1. The van der Waals surface area contributed by atoms with Gasteiger partial charge >= 0.3 is 0 Å². The molecule has 0 saturated carbocycles. The number of amides is 1. The predicted octanol–water partition coefficient (Wildman–Crippen LogP) is 1.26. The number of fused-ring (bicyclic) bond motifs is 1. The number of carbonyl (C=O) groups is 1. The van der Waals surface area contributed by atoms with E-state index in [0.29, 0.717) is 5.92 Å². The maximum Gasteiger partial charge on any atom is 0.250 e. The normalized spacial score (nSPS) is 22.1. The van der Waals surface area contributed by atoms with Gasteiger partial charge in [-0.25, -0.2) is 4.98 Å². The number of carbonyl (C=O) groups excluding carboxylic acids is 1. The second-order valence-electron chi connectivity index (χ2n) is 5.22. The summed E-state index contributed by atoms with van der Waals surface area (Å²) in [7, 11) is 0. The van der Waals surface area contributed by atoms with Gasteiger partial charge in [0.1, 0.15) is 5.82 Å². The zero-order valence-corrected chi connectivity index (χ0v) is 11.0. The van der Waals surface area contributed by atoms with Crippen molar-refractivity contribution in [1.82, 2.24) is 14.9 Å². The van der Waals surface area contributed by atoms with Gasteiger partial charge in [0.2, 0.25) is 5.91 Å². The van der Waals surface area contributed by atoms with Gasteiger partial charge in [0.15, 0.2) is 0 Å². The van der Waals surface area contributed by atoms with Crippen LogP contribution in [0.4, 0.5) is 0 Å². The Hall–Kier alpha value is -1.78. The Kier molecular flexibility index (Phi) is 3.53. The molecule has 0 fully saturated rings. The molecule has 0 saturated heterocycles. The van der Waals surface area contributed by atoms with Crippen LogP contribution in [0.2, 0.25) is 0 Å². The number of ether oxygens (including phenoxy) is 1. The van der Waals surface area contributed by atoms with Gasteiger partial charge in [-0.2, -0.15) is 0 Å². The molecular formula is C14H19N3O2. The molecule has 0 bridgehead atoms. The van der Waals surface area contributed by atoms with E-state index in [1.165, 1.54) is 0 Å². The van der Waals surface area contributed by atoms with E-state index in [4.69, 9.17) is 4.74 Å². The molecule has 2 aliphatic rings. The molecule has 1 amide bonds. The number of rotatable bonds is 3. The first kappa shape index (κ1) is 12.3. The lowest BCUT2D eigenvalue weighted by Crippen LogP contribution is -2.34. The quantitative estimate of drug-likeness (QED) is 0.891. The van der Waals surface area contributed by atoms with Gasteiger partial charge in [-0.15, -0.1) is 0 Å². The molecule has 0 radical (unpaired) electrons. The molecule has 1 N–H and O–H groups in total. The van der Waals surface area contributed by atoms with Crippen molar-refractivity contribution in [1.29, 1.82) is 0 Å². The van der Waals surface area contributed by atoms with E-state index < -0.39 is 0 Å². The third-order valence-corrected chi connectivity index (χ3v) is 3.83. The fourth-order valence-electron chi connectivity index (χ4n) is 2.67. The first-order valence-electron chi connectivity index (χ1n) is 6.92. The number of imidazole rings is 1. The summed E-state index contributed by atoms with van der Waals surface area (Å²) < 4.78 is 7.39. The van der Waals surface area contributed by atoms with Crippen LogP contribution in [-0.2, 0) is 22.5 Å². The second kappa shape index (κ2) is 5.47. The van der Waals surface area contributed by atoms with Crippen molar-refractivity contribution >= 4 is 5.91 Å². The monoisotopic (exact) mass is 261 g/mol. The molecule has 0 aromatic carbocycles. The zero-order valence-electron chi connectivity index (χ0n) is 11.0. The standard InChI is InChI=1S/C14H19N3O2/c18-14(12-2-1-7-19-10-12)16-9-11-3-5-17-6-4-15-13(17)8-11/h4,6,10-11H,1-3,5,7-9H2,(H,16,18). The maximum atomic E-state index is 12.0. The summed E-state index contributed by atoms with van der Waals surface area (Å²) >= 11 is 0. The van der Waals surface area contributed by atoms with Crippen LogP contribution in [0.1, 0.15) is 25.1 Å². The van der Waals surface area contributed by atoms with Gasteiger partial charge < -0.3 is 14.6 Å². The Bertz CT molecular complexity index is 493. The van der Waals surface area contributed by atoms with E-state index in [1.807, 2.05) is 12.4 Å². The molecule has 1 atom stereocenters. The molecule has 19 heavy (non-hydrogen) atoms. The Morgan fingerprint density at radius 3 is 3.37 bits per heavy atom. The minimum atomic E-state index is 0.0219. The molecule has 1 unspecified atom stereocenters. The SMILES string of the molecule is O=C(NCC1CCn2ccnc2C1)C1=COCCC1. The van der Waals surface area contributed by atoms with Crippen molar-refractivity contribution in [3.63, 3.8) is 0 Å². The molecule has 0 spiro atoms. The topological polar surface area (TPSA) is 56.2 Å². The predicted molar refractivity (Wildman–Crippen MR) is 70.3 cm³/mol. The molecule has 3 heterocycles. The van der Waals surface area contributed by atoms with Crippen LogP contribution in [0.25, 0.3) is 0 Å². The van der Waals surface area contributed by atoms with Crippen molar-refractivity contribution < 1.29 is 9.53 Å². The fourth-order valence-corrected chi connectivity index (χ4v) is 2.67. The van der Waals surface area contributed by atoms with Crippen molar-refractivity contribution in [2.24, 2.45) is 5.92 Å². The fraction of sp³-hybridized carbons (Fsp3) is 0.571. The molecule has 3 rings (SSSR count). The number of hydrogen-bond acceptors (Lipinski definition) is 3. The lowest BCUT2D eigenvalue weighted by atomic mass is 9.97. The highest BCUT2D eigenvalue weighted by atomic mass is 16.5. The van der Waals surface area contributed by atoms with Gasteiger partial charge in [0.25, 0.3) is 0 Å². The van der Waals surface area contributed by atoms with E-state index in [1.54, 1.807) is 6.26 Å². The van der Waals surface area contributed by atoms with Gasteiger partial charge in [-0.3, -0.25) is 4.79 Å². The van der Waals surface area contributed by atoms with Gasteiger partial charge in [0.05, 0.1) is 18.4 Å². The Labute approximate surface area is 112 Å². The first-order valence-corrected chi connectivity index (χ1v) is 6.92. The van der Waals surface area contributed by atoms with Crippen LogP contribution >= 0.6 is 0 Å². The van der Waals surface area contributed by atoms with E-state index in [-0.39, 0.29) is 5.91 Å². The van der Waals surface area contributed by atoms with E-state index in [0.717, 1.165) is 56.8 Å². The van der Waals surface area contributed by atoms with Gasteiger partial charge in [0, 0.05) is 31.9 Å². The van der Waals surface area contributed by atoms with Crippen molar-refractivity contribution in [3.05, 3.63) is 30.1 Å². The number of nitrogens with zero attached hydrogens (tertiary/aromatic N) is 2. The Balaban J connectivity index is 1.50. The van der Waals surface area contributed by atoms with Crippen LogP contribution < -0.4 is 5.32 Å². The van der Waals surface area contributed by atoms with E-state index >= 15 is 0 Å². The average Bonchev–Trinajstić information content (AvgIpc) is 2.93. The maximum absolute atomic E-state index is 12.0. The Morgan fingerprint density at radius 2 is 2.53 bits per heavy atom. The number of aryl methyl sites for hydroxylation is 1. The van der Waals surface area contributed by atoms with Crippen molar-refractivity contribution in [2.45, 2.75) is 32.2 Å². The van der Waals surface area contributed by atoms with Crippen molar-refractivity contribution in [2.75, 3.05) is 13.2 Å². The number of aromatic nitrogens is 2. The van der Waals surface area contributed by atoms with Crippen LogP contribution in [-0.4, -0.2) is 28.6 Å². The van der Waals surface area contributed by atoms with Crippen LogP contribution in [0.3, 0.4) is 0 Å². The van der Waals surface area contributed by atoms with Crippen LogP contribution in [0, 0.1) is 5.92 Å². The third kappa shape index (κ3) is 2.80. The highest BCUT2D eigenvalue weighted by Gasteiger charge is 2.20. The van der Waals surface area contributed by atoms with E-state index in [2.05, 4.69) is 14.9 Å². The third-order valence-electron chi connectivity index (χ3n) is 3.83. The summed E-state index contributed by atoms with van der Waals surface area (Å²) in [6.45, 7) is 2.45. The Morgan fingerprint density at radius 1 is 1.58 bits per heavy atom. The smallest absolute Gasteiger partial charge is 0.250 e. The minimum absolute atomic E-state index is 0.0219. The molecule has 102 valence electrons. The largest absolute Gasteiger partial charge is 0.501 e. The van der Waals surface area contributed by atoms with Crippen LogP contribution in [0.5, 0.6) is 0 Å². The van der Waals surface area contributed by atoms with Gasteiger partial charge in [-0.05, 0) is 25.2 Å². The van der Waals surface area contributed by atoms with Crippen LogP contribution in [0.15, 0.2) is 24.2 Å². The summed E-state index contributed by atoms with van der Waals surface area (Å²) in [6.07, 6.45) is 9.27. The molecule has 0 aliphatic carbocycles. The highest BCUT2D eigenvalue weighted by Crippen LogP contribution is 2.18. The van der Waals surface area contributed by atoms with Gasteiger partial charge in [-0.1, -0.05) is 0 Å². The van der Waals surface area contributed by atoms with Crippen molar-refractivity contribution in [3.8, 4) is 0 Å². The summed E-state index contributed by atoms with van der Waals surface area (Å²) in [5.41, 5.74) is 0.767. The molecule has 5 heteroatoms. The minimum Gasteiger partial charge on any atom is -0.501 e. The molecule has 2 aliphatic heterocycles. The molecule has 1 aromatic rings. The number of nitrogens with one attached hydrogen (secondary N) is 1. The summed E-state index contributed by atoms with van der Waals surface area (Å²) in [5.74, 6) is 1.64.